The quantitative estimate of drug-likeness (QED) is 0.724. The summed E-state index contributed by atoms with van der Waals surface area (Å²) in [5.74, 6) is 1.40. The minimum Gasteiger partial charge on any atom is -0.488 e. The first-order valence-electron chi connectivity index (χ1n) is 6.96. The number of aromatic nitrogens is 2. The normalized spacial score (nSPS) is 14.8. The van der Waals surface area contributed by atoms with E-state index in [1.165, 1.54) is 6.42 Å². The number of nitrogens with zero attached hydrogens (tertiary/aromatic N) is 2. The molecule has 2 atom stereocenters. The van der Waals surface area contributed by atoms with Crippen molar-refractivity contribution in [1.29, 1.82) is 0 Å². The summed E-state index contributed by atoms with van der Waals surface area (Å²) >= 11 is 0. The van der Waals surface area contributed by atoms with Crippen LogP contribution in [0.25, 0.3) is 0 Å². The fourth-order valence-electron chi connectivity index (χ4n) is 1.81. The van der Waals surface area contributed by atoms with Crippen LogP contribution in [0.3, 0.4) is 0 Å². The molecule has 0 aliphatic rings. The van der Waals surface area contributed by atoms with E-state index in [0.29, 0.717) is 12.0 Å². The molecular weight excluding hydrogens is 226 g/mol. The molecule has 1 heterocycles. The molecule has 0 spiro atoms. The predicted octanol–water partition coefficient (Wildman–Crippen LogP) is 2.87. The summed E-state index contributed by atoms with van der Waals surface area (Å²) in [5, 5.41) is 7.83. The molecule has 0 fully saturated rings. The first-order valence-corrected chi connectivity index (χ1v) is 6.96. The highest BCUT2D eigenvalue weighted by Gasteiger charge is 2.15. The number of nitrogens with one attached hydrogen (secondary N) is 1. The molecule has 0 bridgehead atoms. The molecule has 1 aromatic rings. The first-order chi connectivity index (χ1) is 8.54. The molecular formula is C14H27N3O. The van der Waals surface area contributed by atoms with Gasteiger partial charge >= 0.3 is 0 Å². The highest BCUT2D eigenvalue weighted by Crippen LogP contribution is 2.19. The van der Waals surface area contributed by atoms with E-state index < -0.39 is 0 Å². The minimum absolute atomic E-state index is 0.196. The molecule has 0 aromatic carbocycles. The van der Waals surface area contributed by atoms with Crippen LogP contribution in [0.15, 0.2) is 12.4 Å². The van der Waals surface area contributed by atoms with Crippen molar-refractivity contribution >= 4 is 0 Å². The van der Waals surface area contributed by atoms with Gasteiger partial charge in [0, 0.05) is 0 Å². The van der Waals surface area contributed by atoms with E-state index in [4.69, 9.17) is 4.74 Å². The third-order valence-electron chi connectivity index (χ3n) is 3.08. The summed E-state index contributed by atoms with van der Waals surface area (Å²) in [6, 6.07) is 0.374. The fourth-order valence-corrected chi connectivity index (χ4v) is 1.81. The van der Waals surface area contributed by atoms with Crippen LogP contribution < -0.4 is 10.1 Å². The van der Waals surface area contributed by atoms with Gasteiger partial charge in [0.1, 0.15) is 0 Å². The molecule has 4 nitrogen and oxygen atoms in total. The number of ether oxygens (including phenoxy) is 1. The standard InChI is InChI=1S/C14H27N3O/c1-6-7-15-8-12(4)13(5)17-10-14(9-16-17)18-11(2)3/h9-13,15H,6-8H2,1-5H3. The van der Waals surface area contributed by atoms with Gasteiger partial charge in [-0.05, 0) is 46.2 Å². The van der Waals surface area contributed by atoms with Crippen molar-refractivity contribution < 1.29 is 4.74 Å². The predicted molar refractivity (Wildman–Crippen MR) is 75.0 cm³/mol. The Balaban J connectivity index is 2.49. The third-order valence-corrected chi connectivity index (χ3v) is 3.08. The maximum absolute atomic E-state index is 5.62. The van der Waals surface area contributed by atoms with Gasteiger partial charge in [0.15, 0.2) is 5.75 Å². The van der Waals surface area contributed by atoms with E-state index in [0.717, 1.165) is 18.8 Å². The van der Waals surface area contributed by atoms with Crippen molar-refractivity contribution in [1.82, 2.24) is 15.1 Å². The van der Waals surface area contributed by atoms with E-state index in [1.807, 2.05) is 24.7 Å². The second-order valence-corrected chi connectivity index (χ2v) is 5.24. The lowest BCUT2D eigenvalue weighted by Gasteiger charge is -2.20. The van der Waals surface area contributed by atoms with E-state index in [9.17, 15) is 0 Å². The Kier molecular flexibility index (Phi) is 6.19. The van der Waals surface area contributed by atoms with Gasteiger partial charge in [-0.25, -0.2) is 0 Å². The Bertz CT molecular complexity index is 336. The molecule has 2 unspecified atom stereocenters. The number of rotatable bonds is 8. The molecule has 0 saturated carbocycles. The minimum atomic E-state index is 0.196. The van der Waals surface area contributed by atoms with Crippen molar-refractivity contribution in [3.63, 3.8) is 0 Å². The van der Waals surface area contributed by atoms with Crippen LogP contribution in [-0.2, 0) is 0 Å². The monoisotopic (exact) mass is 253 g/mol. The average molecular weight is 253 g/mol. The van der Waals surface area contributed by atoms with Crippen LogP contribution in [0.2, 0.25) is 0 Å². The highest BCUT2D eigenvalue weighted by atomic mass is 16.5. The van der Waals surface area contributed by atoms with E-state index in [1.54, 1.807) is 6.20 Å². The summed E-state index contributed by atoms with van der Waals surface area (Å²) < 4.78 is 7.62. The van der Waals surface area contributed by atoms with Crippen LogP contribution in [0.4, 0.5) is 0 Å². The van der Waals surface area contributed by atoms with Gasteiger partial charge < -0.3 is 10.1 Å². The zero-order chi connectivity index (χ0) is 13.5. The number of hydrogen-bond acceptors (Lipinski definition) is 3. The fraction of sp³-hybridized carbons (Fsp3) is 0.786. The van der Waals surface area contributed by atoms with Crippen molar-refractivity contribution in [2.45, 2.75) is 53.2 Å². The first kappa shape index (κ1) is 15.0. The zero-order valence-electron chi connectivity index (χ0n) is 12.3. The van der Waals surface area contributed by atoms with Crippen LogP contribution in [0, 0.1) is 5.92 Å². The van der Waals surface area contributed by atoms with E-state index in [2.05, 4.69) is 31.2 Å². The van der Waals surface area contributed by atoms with Crippen molar-refractivity contribution in [3.8, 4) is 5.75 Å². The molecule has 0 aliphatic carbocycles. The highest BCUT2D eigenvalue weighted by molar-refractivity contribution is 5.12. The molecule has 0 radical (unpaired) electrons. The molecule has 18 heavy (non-hydrogen) atoms. The third kappa shape index (κ3) is 4.69. The maximum Gasteiger partial charge on any atom is 0.157 e. The maximum atomic E-state index is 5.62. The van der Waals surface area contributed by atoms with Crippen LogP contribution in [-0.4, -0.2) is 29.0 Å². The van der Waals surface area contributed by atoms with Gasteiger partial charge in [-0.1, -0.05) is 13.8 Å². The van der Waals surface area contributed by atoms with Crippen molar-refractivity contribution in [3.05, 3.63) is 12.4 Å². The Morgan fingerprint density at radius 2 is 2.06 bits per heavy atom. The Hall–Kier alpha value is -1.03. The molecule has 1 rings (SSSR count). The molecule has 0 aliphatic heterocycles. The summed E-state index contributed by atoms with van der Waals surface area (Å²) in [6.07, 6.45) is 5.15. The van der Waals surface area contributed by atoms with E-state index in [-0.39, 0.29) is 6.10 Å². The zero-order valence-corrected chi connectivity index (χ0v) is 12.3. The van der Waals surface area contributed by atoms with Gasteiger partial charge in [0.05, 0.1) is 24.5 Å². The molecule has 4 heteroatoms. The topological polar surface area (TPSA) is 39.1 Å². The summed E-state index contributed by atoms with van der Waals surface area (Å²) in [6.45, 7) is 12.8. The second kappa shape index (κ2) is 7.41. The van der Waals surface area contributed by atoms with Crippen molar-refractivity contribution in [2.75, 3.05) is 13.1 Å². The Morgan fingerprint density at radius 1 is 1.33 bits per heavy atom. The van der Waals surface area contributed by atoms with Gasteiger partial charge in [-0.2, -0.15) is 5.10 Å². The summed E-state index contributed by atoms with van der Waals surface area (Å²) in [5.41, 5.74) is 0. The average Bonchev–Trinajstić information content (AvgIpc) is 2.75. The largest absolute Gasteiger partial charge is 0.488 e. The van der Waals surface area contributed by atoms with Gasteiger partial charge in [-0.3, -0.25) is 4.68 Å². The molecule has 0 amide bonds. The van der Waals surface area contributed by atoms with Crippen LogP contribution in [0.1, 0.15) is 47.1 Å². The van der Waals surface area contributed by atoms with Crippen LogP contribution >= 0.6 is 0 Å². The van der Waals surface area contributed by atoms with Gasteiger partial charge in [-0.15, -0.1) is 0 Å². The van der Waals surface area contributed by atoms with Crippen LogP contribution in [0.5, 0.6) is 5.75 Å². The number of hydrogen-bond donors (Lipinski definition) is 1. The van der Waals surface area contributed by atoms with Crippen molar-refractivity contribution in [2.24, 2.45) is 5.92 Å². The van der Waals surface area contributed by atoms with Gasteiger partial charge in [0.2, 0.25) is 0 Å². The lowest BCUT2D eigenvalue weighted by molar-refractivity contribution is 0.241. The molecule has 104 valence electrons. The lowest BCUT2D eigenvalue weighted by Crippen LogP contribution is -2.27. The van der Waals surface area contributed by atoms with Gasteiger partial charge in [0.25, 0.3) is 0 Å². The SMILES string of the molecule is CCCNCC(C)C(C)n1cc(OC(C)C)cn1. The summed E-state index contributed by atoms with van der Waals surface area (Å²) in [7, 11) is 0. The smallest absolute Gasteiger partial charge is 0.157 e. The lowest BCUT2D eigenvalue weighted by atomic mass is 10.0. The Morgan fingerprint density at radius 3 is 2.67 bits per heavy atom. The summed E-state index contributed by atoms with van der Waals surface area (Å²) in [4.78, 5) is 0. The van der Waals surface area contributed by atoms with E-state index >= 15 is 0 Å². The molecule has 1 N–H and O–H groups in total. The Labute approximate surface area is 111 Å². The molecule has 1 aromatic heterocycles. The molecule has 0 saturated heterocycles. The second-order valence-electron chi connectivity index (χ2n) is 5.24.